The average Bonchev–Trinajstić information content (AvgIpc) is 2.73. The van der Waals surface area contributed by atoms with Gasteiger partial charge in [0.05, 0.1) is 18.3 Å². The first kappa shape index (κ1) is 10.0. The maximum absolute atomic E-state index is 4.41. The number of hydrogen-bond donors (Lipinski definition) is 0. The van der Waals surface area contributed by atoms with Crippen molar-refractivity contribution >= 4 is 10.9 Å². The smallest absolute Gasteiger partial charge is 0.0719 e. The molecule has 0 saturated carbocycles. The van der Waals surface area contributed by atoms with Crippen LogP contribution in [-0.4, -0.2) is 14.8 Å². The molecule has 0 N–H and O–H groups in total. The third kappa shape index (κ3) is 1.91. The van der Waals surface area contributed by atoms with E-state index in [1.807, 2.05) is 42.2 Å². The number of rotatable bonds is 2. The summed E-state index contributed by atoms with van der Waals surface area (Å²) in [4.78, 5) is 4.27. The zero-order valence-electron chi connectivity index (χ0n) is 9.67. The van der Waals surface area contributed by atoms with Crippen LogP contribution in [0.3, 0.4) is 0 Å². The molecule has 0 unspecified atom stereocenters. The molecular weight excluding hydrogens is 210 g/mol. The Morgan fingerprint density at radius 2 is 1.94 bits per heavy atom. The van der Waals surface area contributed by atoms with E-state index in [1.54, 1.807) is 0 Å². The molecule has 0 aliphatic carbocycles. The molecule has 0 atom stereocenters. The summed E-state index contributed by atoms with van der Waals surface area (Å²) >= 11 is 0. The van der Waals surface area contributed by atoms with Gasteiger partial charge in [0.15, 0.2) is 0 Å². The largest absolute Gasteiger partial charge is 0.261 e. The topological polar surface area (TPSA) is 30.7 Å². The Balaban J connectivity index is 2.03. The first-order valence-electron chi connectivity index (χ1n) is 5.65. The van der Waals surface area contributed by atoms with Crippen LogP contribution in [0.15, 0.2) is 48.8 Å². The molecule has 2 heterocycles. The zero-order chi connectivity index (χ0) is 11.7. The fraction of sp³-hybridized carbons (Fsp3) is 0.143. The van der Waals surface area contributed by atoms with Crippen LogP contribution in [0.5, 0.6) is 0 Å². The van der Waals surface area contributed by atoms with Crippen LogP contribution in [0.4, 0.5) is 0 Å². The van der Waals surface area contributed by atoms with E-state index in [0.29, 0.717) is 0 Å². The maximum Gasteiger partial charge on any atom is 0.0719 e. The molecule has 3 rings (SSSR count). The van der Waals surface area contributed by atoms with Gasteiger partial charge in [0.2, 0.25) is 0 Å². The standard InChI is InChI=1S/C14H13N3/c1-11-7-14-13(8-15-11)9-16-17(14)10-12-5-3-2-4-6-12/h2-9H,10H2,1H3. The molecule has 3 heteroatoms. The van der Waals surface area contributed by atoms with Crippen molar-refractivity contribution in [2.45, 2.75) is 13.5 Å². The van der Waals surface area contributed by atoms with Crippen molar-refractivity contribution in [3.8, 4) is 0 Å². The number of pyridine rings is 1. The molecule has 0 aliphatic heterocycles. The van der Waals surface area contributed by atoms with Crippen LogP contribution in [-0.2, 0) is 6.54 Å². The Bertz CT molecular complexity index is 641. The van der Waals surface area contributed by atoms with Crippen molar-refractivity contribution in [2.75, 3.05) is 0 Å². The molecule has 1 aromatic carbocycles. The predicted octanol–water partition coefficient (Wildman–Crippen LogP) is 2.79. The SMILES string of the molecule is Cc1cc2c(cn1)cnn2Cc1ccccc1. The van der Waals surface area contributed by atoms with E-state index < -0.39 is 0 Å². The number of aromatic nitrogens is 3. The first-order valence-corrected chi connectivity index (χ1v) is 5.65. The molecular formula is C14H13N3. The van der Waals surface area contributed by atoms with Gasteiger partial charge in [-0.15, -0.1) is 0 Å². The summed E-state index contributed by atoms with van der Waals surface area (Å²) in [6, 6.07) is 12.4. The molecule has 0 aliphatic rings. The van der Waals surface area contributed by atoms with E-state index in [2.05, 4.69) is 28.3 Å². The van der Waals surface area contributed by atoms with Gasteiger partial charge in [-0.1, -0.05) is 30.3 Å². The monoisotopic (exact) mass is 223 g/mol. The van der Waals surface area contributed by atoms with Crippen LogP contribution in [0.2, 0.25) is 0 Å². The van der Waals surface area contributed by atoms with Crippen LogP contribution >= 0.6 is 0 Å². The predicted molar refractivity (Wildman–Crippen MR) is 67.8 cm³/mol. The number of hydrogen-bond acceptors (Lipinski definition) is 2. The molecule has 0 amide bonds. The number of fused-ring (bicyclic) bond motifs is 1. The van der Waals surface area contributed by atoms with Gasteiger partial charge in [0, 0.05) is 17.3 Å². The molecule has 0 spiro atoms. The number of benzene rings is 1. The van der Waals surface area contributed by atoms with Gasteiger partial charge in [0.1, 0.15) is 0 Å². The normalized spacial score (nSPS) is 10.9. The van der Waals surface area contributed by atoms with Crippen molar-refractivity contribution in [1.82, 2.24) is 14.8 Å². The molecule has 17 heavy (non-hydrogen) atoms. The summed E-state index contributed by atoms with van der Waals surface area (Å²) in [7, 11) is 0. The van der Waals surface area contributed by atoms with E-state index in [9.17, 15) is 0 Å². The Labute approximate surface area is 99.7 Å². The van der Waals surface area contributed by atoms with Crippen molar-refractivity contribution in [3.63, 3.8) is 0 Å². The van der Waals surface area contributed by atoms with Crippen molar-refractivity contribution in [1.29, 1.82) is 0 Å². The van der Waals surface area contributed by atoms with Gasteiger partial charge in [-0.3, -0.25) is 9.67 Å². The molecule has 84 valence electrons. The summed E-state index contributed by atoms with van der Waals surface area (Å²) < 4.78 is 2.01. The lowest BCUT2D eigenvalue weighted by Gasteiger charge is -2.03. The highest BCUT2D eigenvalue weighted by Crippen LogP contribution is 2.14. The molecule has 0 fully saturated rings. The highest BCUT2D eigenvalue weighted by atomic mass is 15.3. The van der Waals surface area contributed by atoms with Crippen molar-refractivity contribution in [3.05, 3.63) is 60.0 Å². The van der Waals surface area contributed by atoms with Gasteiger partial charge in [0.25, 0.3) is 0 Å². The zero-order valence-corrected chi connectivity index (χ0v) is 9.67. The van der Waals surface area contributed by atoms with Crippen LogP contribution in [0, 0.1) is 6.92 Å². The highest BCUT2D eigenvalue weighted by Gasteiger charge is 2.03. The van der Waals surface area contributed by atoms with E-state index in [4.69, 9.17) is 0 Å². The third-order valence-electron chi connectivity index (χ3n) is 2.84. The average molecular weight is 223 g/mol. The number of aryl methyl sites for hydroxylation is 1. The third-order valence-corrected chi connectivity index (χ3v) is 2.84. The lowest BCUT2D eigenvalue weighted by molar-refractivity contribution is 0.712. The minimum absolute atomic E-state index is 0.799. The quantitative estimate of drug-likeness (QED) is 0.668. The van der Waals surface area contributed by atoms with Crippen molar-refractivity contribution in [2.24, 2.45) is 0 Å². The molecule has 0 radical (unpaired) electrons. The molecule has 3 aromatic rings. The Morgan fingerprint density at radius 1 is 1.12 bits per heavy atom. The Morgan fingerprint density at radius 3 is 2.76 bits per heavy atom. The second kappa shape index (κ2) is 4.01. The van der Waals surface area contributed by atoms with Gasteiger partial charge < -0.3 is 0 Å². The molecule has 0 saturated heterocycles. The molecule has 0 bridgehead atoms. The summed E-state index contributed by atoms with van der Waals surface area (Å²) in [5, 5.41) is 5.50. The van der Waals surface area contributed by atoms with Crippen LogP contribution in [0.1, 0.15) is 11.3 Å². The van der Waals surface area contributed by atoms with Gasteiger partial charge in [-0.25, -0.2) is 0 Å². The lowest BCUT2D eigenvalue weighted by Crippen LogP contribution is -2.01. The van der Waals surface area contributed by atoms with Gasteiger partial charge in [-0.2, -0.15) is 5.10 Å². The van der Waals surface area contributed by atoms with Crippen molar-refractivity contribution < 1.29 is 0 Å². The van der Waals surface area contributed by atoms with E-state index >= 15 is 0 Å². The summed E-state index contributed by atoms with van der Waals surface area (Å²) in [6.07, 6.45) is 3.74. The Kier molecular flexibility index (Phi) is 2.37. The minimum Gasteiger partial charge on any atom is -0.261 e. The number of nitrogens with zero attached hydrogens (tertiary/aromatic N) is 3. The van der Waals surface area contributed by atoms with Gasteiger partial charge in [-0.05, 0) is 18.6 Å². The fourth-order valence-electron chi connectivity index (χ4n) is 1.96. The summed E-state index contributed by atoms with van der Waals surface area (Å²) in [5.41, 5.74) is 3.42. The van der Waals surface area contributed by atoms with Crippen LogP contribution < -0.4 is 0 Å². The van der Waals surface area contributed by atoms with Crippen LogP contribution in [0.25, 0.3) is 10.9 Å². The second-order valence-electron chi connectivity index (χ2n) is 4.17. The van der Waals surface area contributed by atoms with E-state index in [0.717, 1.165) is 23.1 Å². The Hall–Kier alpha value is -2.16. The molecule has 2 aromatic heterocycles. The van der Waals surface area contributed by atoms with E-state index in [-0.39, 0.29) is 0 Å². The second-order valence-corrected chi connectivity index (χ2v) is 4.17. The molecule has 3 nitrogen and oxygen atoms in total. The van der Waals surface area contributed by atoms with Gasteiger partial charge >= 0.3 is 0 Å². The highest BCUT2D eigenvalue weighted by molar-refractivity contribution is 5.77. The maximum atomic E-state index is 4.41. The summed E-state index contributed by atoms with van der Waals surface area (Å²) in [5.74, 6) is 0. The first-order chi connectivity index (χ1) is 8.33. The lowest BCUT2D eigenvalue weighted by atomic mass is 10.2. The van der Waals surface area contributed by atoms with E-state index in [1.165, 1.54) is 5.56 Å². The minimum atomic E-state index is 0.799. The summed E-state index contributed by atoms with van der Waals surface area (Å²) in [6.45, 7) is 2.80. The fourth-order valence-corrected chi connectivity index (χ4v) is 1.96.